The largest absolute Gasteiger partial charge is 0.492 e. The van der Waals surface area contributed by atoms with Crippen LogP contribution in [0.1, 0.15) is 5.56 Å². The van der Waals surface area contributed by atoms with Crippen LogP contribution in [0.25, 0.3) is 0 Å². The van der Waals surface area contributed by atoms with Crippen LogP contribution < -0.4 is 10.1 Å². The molecule has 2 aromatic rings. The molecule has 0 spiro atoms. The second-order valence-electron chi connectivity index (χ2n) is 4.11. The van der Waals surface area contributed by atoms with E-state index in [9.17, 15) is 0 Å². The second kappa shape index (κ2) is 7.53. The molecule has 4 heteroatoms. The van der Waals surface area contributed by atoms with Gasteiger partial charge in [-0.15, -0.1) is 0 Å². The average molecular weight is 341 g/mol. The Morgan fingerprint density at radius 2 is 1.68 bits per heavy atom. The molecule has 0 saturated carbocycles. The summed E-state index contributed by atoms with van der Waals surface area (Å²) >= 11 is 9.22. The molecule has 0 saturated heterocycles. The lowest BCUT2D eigenvalue weighted by Gasteiger charge is -2.08. The average Bonchev–Trinajstić information content (AvgIpc) is 2.43. The van der Waals surface area contributed by atoms with Crippen molar-refractivity contribution in [2.45, 2.75) is 6.54 Å². The van der Waals surface area contributed by atoms with Gasteiger partial charge in [0.05, 0.1) is 0 Å². The van der Waals surface area contributed by atoms with Crippen molar-refractivity contribution in [3.63, 3.8) is 0 Å². The van der Waals surface area contributed by atoms with Gasteiger partial charge < -0.3 is 10.1 Å². The number of hydrogen-bond donors (Lipinski definition) is 1. The molecular weight excluding hydrogens is 326 g/mol. The highest BCUT2D eigenvalue weighted by atomic mass is 79.9. The maximum atomic E-state index is 5.83. The van der Waals surface area contributed by atoms with E-state index in [4.69, 9.17) is 16.3 Å². The quantitative estimate of drug-likeness (QED) is 0.793. The van der Waals surface area contributed by atoms with E-state index >= 15 is 0 Å². The molecule has 0 unspecified atom stereocenters. The fourth-order valence-corrected chi connectivity index (χ4v) is 2.00. The first-order chi connectivity index (χ1) is 9.24. The van der Waals surface area contributed by atoms with Gasteiger partial charge in [0, 0.05) is 22.6 Å². The first kappa shape index (κ1) is 14.4. The van der Waals surface area contributed by atoms with Crippen LogP contribution in [0.3, 0.4) is 0 Å². The molecule has 0 radical (unpaired) electrons. The Morgan fingerprint density at radius 1 is 1.00 bits per heavy atom. The first-order valence-electron chi connectivity index (χ1n) is 6.07. The van der Waals surface area contributed by atoms with Crippen LogP contribution in [0.4, 0.5) is 0 Å². The Morgan fingerprint density at radius 3 is 2.37 bits per heavy atom. The molecule has 2 aromatic carbocycles. The van der Waals surface area contributed by atoms with Crippen LogP contribution in [0.15, 0.2) is 53.0 Å². The Bertz CT molecular complexity index is 451. The number of ether oxygens (including phenoxy) is 1. The zero-order chi connectivity index (χ0) is 13.5. The summed E-state index contributed by atoms with van der Waals surface area (Å²) in [6.07, 6.45) is 0. The smallest absolute Gasteiger partial charge is 0.119 e. The molecule has 0 aromatic heterocycles. The van der Waals surface area contributed by atoms with E-state index in [1.165, 1.54) is 5.56 Å². The summed E-state index contributed by atoms with van der Waals surface area (Å²) < 4.78 is 6.67. The highest BCUT2D eigenvalue weighted by molar-refractivity contribution is 9.10. The number of rotatable bonds is 6. The van der Waals surface area contributed by atoms with Gasteiger partial charge in [0.15, 0.2) is 0 Å². The SMILES string of the molecule is Clc1ccc(CNCCOc2ccc(Br)cc2)cc1. The molecule has 2 rings (SSSR count). The van der Waals surface area contributed by atoms with Crippen LogP contribution in [-0.4, -0.2) is 13.2 Å². The molecule has 0 aliphatic rings. The van der Waals surface area contributed by atoms with Crippen molar-refractivity contribution < 1.29 is 4.74 Å². The van der Waals surface area contributed by atoms with E-state index in [-0.39, 0.29) is 0 Å². The van der Waals surface area contributed by atoms with Gasteiger partial charge in [-0.05, 0) is 42.0 Å². The highest BCUT2D eigenvalue weighted by Crippen LogP contribution is 2.15. The zero-order valence-electron chi connectivity index (χ0n) is 10.4. The van der Waals surface area contributed by atoms with Gasteiger partial charge in [0.1, 0.15) is 12.4 Å². The second-order valence-corrected chi connectivity index (χ2v) is 5.46. The third kappa shape index (κ3) is 5.23. The van der Waals surface area contributed by atoms with Gasteiger partial charge >= 0.3 is 0 Å². The van der Waals surface area contributed by atoms with Crippen LogP contribution in [0.5, 0.6) is 5.75 Å². The van der Waals surface area contributed by atoms with Gasteiger partial charge in [-0.3, -0.25) is 0 Å². The van der Waals surface area contributed by atoms with Gasteiger partial charge in [0.25, 0.3) is 0 Å². The summed E-state index contributed by atoms with van der Waals surface area (Å²) in [4.78, 5) is 0. The molecule has 0 bridgehead atoms. The summed E-state index contributed by atoms with van der Waals surface area (Å²) in [5.74, 6) is 0.886. The van der Waals surface area contributed by atoms with Crippen molar-refractivity contribution >= 4 is 27.5 Å². The summed E-state index contributed by atoms with van der Waals surface area (Å²) in [5, 5.41) is 4.09. The minimum Gasteiger partial charge on any atom is -0.492 e. The van der Waals surface area contributed by atoms with Crippen LogP contribution >= 0.6 is 27.5 Å². The van der Waals surface area contributed by atoms with Crippen molar-refractivity contribution in [3.05, 3.63) is 63.6 Å². The minimum atomic E-state index is 0.648. The van der Waals surface area contributed by atoms with Crippen molar-refractivity contribution in [2.75, 3.05) is 13.2 Å². The molecule has 0 atom stereocenters. The molecule has 1 N–H and O–H groups in total. The van der Waals surface area contributed by atoms with E-state index in [0.29, 0.717) is 6.61 Å². The van der Waals surface area contributed by atoms with E-state index in [0.717, 1.165) is 28.3 Å². The number of nitrogens with one attached hydrogen (secondary N) is 1. The fourth-order valence-electron chi connectivity index (χ4n) is 1.61. The van der Waals surface area contributed by atoms with Crippen molar-refractivity contribution in [2.24, 2.45) is 0 Å². The lowest BCUT2D eigenvalue weighted by atomic mass is 10.2. The zero-order valence-corrected chi connectivity index (χ0v) is 12.7. The van der Waals surface area contributed by atoms with E-state index in [1.54, 1.807) is 0 Å². The summed E-state index contributed by atoms with van der Waals surface area (Å²) in [7, 11) is 0. The Kier molecular flexibility index (Phi) is 5.70. The molecular formula is C15H15BrClNO. The molecule has 0 heterocycles. The molecule has 19 heavy (non-hydrogen) atoms. The molecule has 0 aliphatic heterocycles. The predicted molar refractivity (Wildman–Crippen MR) is 82.8 cm³/mol. The Labute approximate surface area is 126 Å². The maximum absolute atomic E-state index is 5.83. The van der Waals surface area contributed by atoms with E-state index in [2.05, 4.69) is 21.2 Å². The number of hydrogen-bond acceptors (Lipinski definition) is 2. The Balaban J connectivity index is 1.64. The topological polar surface area (TPSA) is 21.3 Å². The first-order valence-corrected chi connectivity index (χ1v) is 7.25. The standard InChI is InChI=1S/C15H15BrClNO/c16-13-3-7-15(8-4-13)19-10-9-18-11-12-1-5-14(17)6-2-12/h1-8,18H,9-11H2. The van der Waals surface area contributed by atoms with E-state index < -0.39 is 0 Å². The molecule has 0 amide bonds. The molecule has 0 aliphatic carbocycles. The predicted octanol–water partition coefficient (Wildman–Crippen LogP) is 4.27. The number of halogens is 2. The van der Waals surface area contributed by atoms with Gasteiger partial charge in [-0.1, -0.05) is 39.7 Å². The Hall–Kier alpha value is -1.03. The highest BCUT2D eigenvalue weighted by Gasteiger charge is 1.95. The number of benzene rings is 2. The fraction of sp³-hybridized carbons (Fsp3) is 0.200. The normalized spacial score (nSPS) is 10.4. The minimum absolute atomic E-state index is 0.648. The van der Waals surface area contributed by atoms with E-state index in [1.807, 2.05) is 48.5 Å². The maximum Gasteiger partial charge on any atom is 0.119 e. The molecule has 2 nitrogen and oxygen atoms in total. The summed E-state index contributed by atoms with van der Waals surface area (Å²) in [5.41, 5.74) is 1.22. The van der Waals surface area contributed by atoms with Crippen LogP contribution in [0, 0.1) is 0 Å². The molecule has 0 fully saturated rings. The summed E-state index contributed by atoms with van der Waals surface area (Å²) in [6.45, 7) is 2.27. The molecule has 100 valence electrons. The lowest BCUT2D eigenvalue weighted by molar-refractivity contribution is 0.313. The third-order valence-corrected chi connectivity index (χ3v) is 3.38. The van der Waals surface area contributed by atoms with Gasteiger partial charge in [-0.25, -0.2) is 0 Å². The van der Waals surface area contributed by atoms with Crippen molar-refractivity contribution in [1.29, 1.82) is 0 Å². The summed E-state index contributed by atoms with van der Waals surface area (Å²) in [6, 6.07) is 15.7. The lowest BCUT2D eigenvalue weighted by Crippen LogP contribution is -2.20. The van der Waals surface area contributed by atoms with Crippen molar-refractivity contribution in [3.8, 4) is 5.75 Å². The van der Waals surface area contributed by atoms with Gasteiger partial charge in [-0.2, -0.15) is 0 Å². The third-order valence-electron chi connectivity index (χ3n) is 2.60. The van der Waals surface area contributed by atoms with Gasteiger partial charge in [0.2, 0.25) is 0 Å². The van der Waals surface area contributed by atoms with Crippen LogP contribution in [0.2, 0.25) is 5.02 Å². The van der Waals surface area contributed by atoms with Crippen LogP contribution in [-0.2, 0) is 6.54 Å². The van der Waals surface area contributed by atoms with Crippen molar-refractivity contribution in [1.82, 2.24) is 5.32 Å². The monoisotopic (exact) mass is 339 g/mol.